The van der Waals surface area contributed by atoms with E-state index in [0.717, 1.165) is 12.8 Å². The van der Waals surface area contributed by atoms with Crippen molar-refractivity contribution in [2.45, 2.75) is 38.4 Å². The number of carbonyl (C=O) groups is 2. The van der Waals surface area contributed by atoms with Crippen molar-refractivity contribution in [2.75, 3.05) is 6.54 Å². The summed E-state index contributed by atoms with van der Waals surface area (Å²) >= 11 is 0. The molecule has 1 atom stereocenters. The second kappa shape index (κ2) is 5.79. The number of aliphatic carboxylic acids is 1. The van der Waals surface area contributed by atoms with Crippen LogP contribution in [0.1, 0.15) is 25.0 Å². The Morgan fingerprint density at radius 2 is 2.26 bits per heavy atom. The van der Waals surface area contributed by atoms with Crippen molar-refractivity contribution in [2.24, 2.45) is 5.73 Å². The van der Waals surface area contributed by atoms with Crippen LogP contribution in [0.5, 0.6) is 0 Å². The Kier molecular flexibility index (Phi) is 4.10. The first-order valence-corrected chi connectivity index (χ1v) is 6.23. The van der Waals surface area contributed by atoms with Gasteiger partial charge in [-0.05, 0) is 19.3 Å². The Hall–Kier alpha value is -1.96. The zero-order chi connectivity index (χ0) is 13.8. The molecule has 0 radical (unpaired) electrons. The van der Waals surface area contributed by atoms with E-state index in [1.165, 1.54) is 9.58 Å². The predicted octanol–water partition coefficient (Wildman–Crippen LogP) is -0.797. The third-order valence-electron chi connectivity index (χ3n) is 3.20. The smallest absolute Gasteiger partial charge is 0.326 e. The van der Waals surface area contributed by atoms with Crippen LogP contribution < -0.4 is 5.73 Å². The van der Waals surface area contributed by atoms with Gasteiger partial charge in [0.05, 0.1) is 11.9 Å². The normalized spacial score (nSPS) is 19.4. The topological polar surface area (TPSA) is 114 Å². The van der Waals surface area contributed by atoms with Crippen LogP contribution in [0.15, 0.2) is 6.20 Å². The Morgan fingerprint density at radius 1 is 1.47 bits per heavy atom. The quantitative estimate of drug-likeness (QED) is 0.738. The molecule has 0 bridgehead atoms. The summed E-state index contributed by atoms with van der Waals surface area (Å²) in [5, 5.41) is 16.7. The van der Waals surface area contributed by atoms with Crippen LogP contribution >= 0.6 is 0 Å². The lowest BCUT2D eigenvalue weighted by Crippen LogP contribution is -2.49. The predicted molar refractivity (Wildman–Crippen MR) is 64.9 cm³/mol. The van der Waals surface area contributed by atoms with Crippen molar-refractivity contribution in [3.05, 3.63) is 11.9 Å². The van der Waals surface area contributed by atoms with Crippen LogP contribution in [0.3, 0.4) is 0 Å². The van der Waals surface area contributed by atoms with Crippen LogP contribution in [-0.2, 0) is 22.7 Å². The Balaban J connectivity index is 2.03. The Labute approximate surface area is 110 Å². The van der Waals surface area contributed by atoms with Crippen LogP contribution in [0, 0.1) is 0 Å². The van der Waals surface area contributed by atoms with E-state index in [1.54, 1.807) is 6.20 Å². The number of hydrogen-bond acceptors (Lipinski definition) is 5. The molecule has 0 saturated carbocycles. The SMILES string of the molecule is NCc1cn(CC(=O)N2CCCCC2C(=O)O)nn1. The van der Waals surface area contributed by atoms with Gasteiger partial charge in [-0.2, -0.15) is 0 Å². The summed E-state index contributed by atoms with van der Waals surface area (Å²) in [5.74, 6) is -1.20. The van der Waals surface area contributed by atoms with Gasteiger partial charge in [0.25, 0.3) is 0 Å². The monoisotopic (exact) mass is 267 g/mol. The number of amides is 1. The molecule has 0 aromatic carbocycles. The number of hydrogen-bond donors (Lipinski definition) is 2. The van der Waals surface area contributed by atoms with Crippen LogP contribution in [0.25, 0.3) is 0 Å². The van der Waals surface area contributed by atoms with Gasteiger partial charge >= 0.3 is 5.97 Å². The van der Waals surface area contributed by atoms with Gasteiger partial charge in [0.2, 0.25) is 5.91 Å². The van der Waals surface area contributed by atoms with E-state index in [9.17, 15) is 9.59 Å². The number of piperidine rings is 1. The Morgan fingerprint density at radius 3 is 2.89 bits per heavy atom. The molecular weight excluding hydrogens is 250 g/mol. The van der Waals surface area contributed by atoms with Gasteiger partial charge in [0.15, 0.2) is 0 Å². The summed E-state index contributed by atoms with van der Waals surface area (Å²) in [6, 6.07) is -0.723. The van der Waals surface area contributed by atoms with Crippen molar-refractivity contribution in [1.29, 1.82) is 0 Å². The van der Waals surface area contributed by atoms with Gasteiger partial charge in [0, 0.05) is 13.1 Å². The second-order valence-corrected chi connectivity index (χ2v) is 4.55. The van der Waals surface area contributed by atoms with Crippen molar-refractivity contribution in [1.82, 2.24) is 19.9 Å². The molecular formula is C11H17N5O3. The summed E-state index contributed by atoms with van der Waals surface area (Å²) in [6.07, 6.45) is 3.77. The molecule has 19 heavy (non-hydrogen) atoms. The number of likely N-dealkylation sites (tertiary alicyclic amines) is 1. The summed E-state index contributed by atoms with van der Waals surface area (Å²) in [7, 11) is 0. The average Bonchev–Trinajstić information content (AvgIpc) is 2.86. The van der Waals surface area contributed by atoms with E-state index in [2.05, 4.69) is 10.3 Å². The third-order valence-corrected chi connectivity index (χ3v) is 3.20. The van der Waals surface area contributed by atoms with Crippen molar-refractivity contribution < 1.29 is 14.7 Å². The van der Waals surface area contributed by atoms with Gasteiger partial charge in [0.1, 0.15) is 12.6 Å². The summed E-state index contributed by atoms with van der Waals surface area (Å²) < 4.78 is 1.39. The van der Waals surface area contributed by atoms with Gasteiger partial charge in [-0.25, -0.2) is 9.48 Å². The first-order chi connectivity index (χ1) is 9.11. The number of aromatic nitrogens is 3. The number of rotatable bonds is 4. The highest BCUT2D eigenvalue weighted by molar-refractivity contribution is 5.83. The van der Waals surface area contributed by atoms with Gasteiger partial charge < -0.3 is 15.7 Å². The lowest BCUT2D eigenvalue weighted by Gasteiger charge is -2.32. The lowest BCUT2D eigenvalue weighted by atomic mass is 10.0. The molecule has 8 heteroatoms. The maximum atomic E-state index is 12.1. The molecule has 1 amide bonds. The molecule has 1 aromatic heterocycles. The summed E-state index contributed by atoms with van der Waals surface area (Å²) in [4.78, 5) is 24.7. The minimum Gasteiger partial charge on any atom is -0.480 e. The molecule has 104 valence electrons. The second-order valence-electron chi connectivity index (χ2n) is 4.55. The minimum absolute atomic E-state index is 0.00319. The van der Waals surface area contributed by atoms with Crippen molar-refractivity contribution in [3.63, 3.8) is 0 Å². The number of carbonyl (C=O) groups excluding carboxylic acids is 1. The molecule has 0 aliphatic carbocycles. The molecule has 2 rings (SSSR count). The van der Waals surface area contributed by atoms with E-state index < -0.39 is 12.0 Å². The Bertz CT molecular complexity index is 473. The maximum Gasteiger partial charge on any atom is 0.326 e. The average molecular weight is 267 g/mol. The highest BCUT2D eigenvalue weighted by Crippen LogP contribution is 2.17. The molecule has 0 spiro atoms. The fourth-order valence-corrected chi connectivity index (χ4v) is 2.23. The summed E-state index contributed by atoms with van der Waals surface area (Å²) in [6.45, 7) is 0.737. The van der Waals surface area contributed by atoms with E-state index in [0.29, 0.717) is 18.7 Å². The van der Waals surface area contributed by atoms with Crippen LogP contribution in [0.4, 0.5) is 0 Å². The number of nitrogens with zero attached hydrogens (tertiary/aromatic N) is 4. The van der Waals surface area contributed by atoms with E-state index in [4.69, 9.17) is 10.8 Å². The fraction of sp³-hybridized carbons (Fsp3) is 0.636. The molecule has 1 fully saturated rings. The molecule has 1 saturated heterocycles. The van der Waals surface area contributed by atoms with E-state index in [-0.39, 0.29) is 19.0 Å². The summed E-state index contributed by atoms with van der Waals surface area (Å²) in [5.41, 5.74) is 6.01. The molecule has 1 aliphatic rings. The standard InChI is InChI=1S/C11H17N5O3/c12-5-8-6-15(14-13-8)7-10(17)16-4-2-1-3-9(16)11(18)19/h6,9H,1-5,7,12H2,(H,18,19). The third kappa shape index (κ3) is 3.08. The molecule has 1 aromatic rings. The number of carboxylic acid groups (broad SMARTS) is 1. The van der Waals surface area contributed by atoms with Gasteiger partial charge in [-0.15, -0.1) is 5.10 Å². The molecule has 2 heterocycles. The molecule has 3 N–H and O–H groups in total. The largest absolute Gasteiger partial charge is 0.480 e. The molecule has 8 nitrogen and oxygen atoms in total. The zero-order valence-corrected chi connectivity index (χ0v) is 10.5. The van der Waals surface area contributed by atoms with Crippen molar-refractivity contribution in [3.8, 4) is 0 Å². The minimum atomic E-state index is -0.950. The molecule has 1 aliphatic heterocycles. The van der Waals surface area contributed by atoms with E-state index >= 15 is 0 Å². The number of nitrogens with two attached hydrogens (primary N) is 1. The van der Waals surface area contributed by atoms with Gasteiger partial charge in [-0.1, -0.05) is 5.21 Å². The fourth-order valence-electron chi connectivity index (χ4n) is 2.23. The first-order valence-electron chi connectivity index (χ1n) is 6.23. The highest BCUT2D eigenvalue weighted by atomic mass is 16.4. The van der Waals surface area contributed by atoms with Crippen LogP contribution in [-0.4, -0.2) is 49.5 Å². The van der Waals surface area contributed by atoms with Crippen molar-refractivity contribution >= 4 is 11.9 Å². The highest BCUT2D eigenvalue weighted by Gasteiger charge is 2.31. The number of carboxylic acids is 1. The molecule has 1 unspecified atom stereocenters. The van der Waals surface area contributed by atoms with Gasteiger partial charge in [-0.3, -0.25) is 4.79 Å². The zero-order valence-electron chi connectivity index (χ0n) is 10.5. The first kappa shape index (κ1) is 13.5. The van der Waals surface area contributed by atoms with Crippen LogP contribution in [0.2, 0.25) is 0 Å². The maximum absolute atomic E-state index is 12.1. The van der Waals surface area contributed by atoms with E-state index in [1.807, 2.05) is 0 Å². The lowest BCUT2D eigenvalue weighted by molar-refractivity contribution is -0.152.